The summed E-state index contributed by atoms with van der Waals surface area (Å²) in [5.41, 5.74) is 2.21. The van der Waals surface area contributed by atoms with Crippen molar-refractivity contribution < 1.29 is 54.4 Å². The van der Waals surface area contributed by atoms with Crippen LogP contribution in [0.2, 0.25) is 0 Å². The molecule has 2 radical (unpaired) electrons. The number of carbonyl (C=O) groups is 2. The van der Waals surface area contributed by atoms with E-state index in [-0.39, 0.29) is 58.0 Å². The largest absolute Gasteiger partial charge is 1.00 e. The van der Waals surface area contributed by atoms with Gasteiger partial charge in [-0.15, -0.1) is 0 Å². The molecule has 2 aromatic carbocycles. The minimum Gasteiger partial charge on any atom is -1.00 e. The fraction of sp³-hybridized carbons (Fsp3) is 0.316. The molecule has 2 aromatic rings. The van der Waals surface area contributed by atoms with E-state index in [9.17, 15) is 9.59 Å². The zero-order chi connectivity index (χ0) is 16.1. The van der Waals surface area contributed by atoms with Crippen molar-refractivity contribution in [3.05, 3.63) is 47.9 Å². The van der Waals surface area contributed by atoms with Gasteiger partial charge in [-0.2, -0.15) is 0 Å². The smallest absolute Gasteiger partial charge is 1.00 e. The molecule has 2 aliphatic rings. The van der Waals surface area contributed by atoms with Crippen molar-refractivity contribution in [2.45, 2.75) is 32.3 Å². The van der Waals surface area contributed by atoms with Gasteiger partial charge in [0.25, 0.3) is 11.8 Å². The summed E-state index contributed by atoms with van der Waals surface area (Å²) in [5.74, 6) is 0.376. The minimum atomic E-state index is -0.203. The first-order valence-electron chi connectivity index (χ1n) is 8.06. The van der Waals surface area contributed by atoms with Gasteiger partial charge in [-0.25, -0.2) is 0 Å². The molecule has 0 spiro atoms. The Hall–Kier alpha value is -1.13. The Morgan fingerprint density at radius 2 is 1.96 bits per heavy atom. The topological polar surface area (TPSA) is 46.6 Å². The third kappa shape index (κ3) is 3.08. The molecule has 1 unspecified atom stereocenters. The molecule has 2 aliphatic heterocycles. The van der Waals surface area contributed by atoms with Gasteiger partial charge in [0.2, 0.25) is 0 Å². The Morgan fingerprint density at radius 1 is 1.24 bits per heavy atom. The predicted molar refractivity (Wildman–Crippen MR) is 87.7 cm³/mol. The van der Waals surface area contributed by atoms with E-state index in [1.165, 1.54) is 4.90 Å². The Labute approximate surface area is 173 Å². The summed E-state index contributed by atoms with van der Waals surface area (Å²) in [6.07, 6.45) is 2.31. The molecule has 4 rings (SSSR count). The van der Waals surface area contributed by atoms with E-state index in [0.29, 0.717) is 24.1 Å². The molecule has 2 heterocycles. The van der Waals surface area contributed by atoms with E-state index in [1.807, 2.05) is 25.1 Å². The van der Waals surface area contributed by atoms with Gasteiger partial charge in [0.15, 0.2) is 0 Å². The maximum atomic E-state index is 12.8. The molecule has 0 saturated heterocycles. The van der Waals surface area contributed by atoms with E-state index in [1.54, 1.807) is 6.07 Å². The molecule has 0 bridgehead atoms. The molecule has 2 amide bonds. The second-order valence-electron chi connectivity index (χ2n) is 6.20. The van der Waals surface area contributed by atoms with E-state index in [0.717, 1.165) is 34.9 Å². The number of nitrogens with zero attached hydrogens (tertiary/aromatic N) is 1. The normalized spacial score (nSPS) is 17.7. The van der Waals surface area contributed by atoms with Crippen LogP contribution in [0.5, 0.6) is 5.75 Å². The van der Waals surface area contributed by atoms with E-state index < -0.39 is 0 Å². The Morgan fingerprint density at radius 3 is 2.68 bits per heavy atom. The monoisotopic (exact) mass is 545 g/mol. The van der Waals surface area contributed by atoms with Crippen molar-refractivity contribution in [2.24, 2.45) is 0 Å². The molecular weight excluding hydrogens is 526 g/mol. The van der Waals surface area contributed by atoms with Gasteiger partial charge in [-0.05, 0) is 31.0 Å². The third-order valence-electron chi connectivity index (χ3n) is 4.61. The molecule has 0 fully saturated rings. The van der Waals surface area contributed by atoms with Gasteiger partial charge < -0.3 is 17.1 Å². The van der Waals surface area contributed by atoms with Gasteiger partial charge >= 0.3 is 27.7 Å². The van der Waals surface area contributed by atoms with Crippen LogP contribution in [0.15, 0.2) is 24.3 Å². The quantitative estimate of drug-likeness (QED) is 0.415. The van der Waals surface area contributed by atoms with Gasteiger partial charge in [0, 0.05) is 34.9 Å². The number of unbranched alkanes of at least 4 members (excludes halogenated alkanes) is 1. The fourth-order valence-electron chi connectivity index (χ4n) is 3.51. The predicted octanol–water partition coefficient (Wildman–Crippen LogP) is 0.375. The van der Waals surface area contributed by atoms with Crippen molar-refractivity contribution in [2.75, 3.05) is 6.54 Å². The van der Waals surface area contributed by atoms with Crippen molar-refractivity contribution in [3.8, 4) is 5.75 Å². The SMILES string of the molecule is [CH2]C1Cc2cc3c4c(cccc4c2O1)C(=O)N(CCCC)C3=O.[Cl-].[Hg+]. The standard InChI is InChI=1S/C19H18NO3.ClH.Hg/c1-3-4-8-20-18(21)14-7-5-6-13-16(14)15(19(20)22)10-12-9-11(2)23-17(12)13;;/h5-7,10-11H,2-4,8-9H2,1H3;1H;/q;;+1/p-1. The number of carbonyl (C=O) groups excluding carboxylic acids is 2. The number of hydrogen-bond donors (Lipinski definition) is 0. The number of fused-ring (bicyclic) bond motifs is 2. The van der Waals surface area contributed by atoms with Gasteiger partial charge in [-0.3, -0.25) is 14.5 Å². The first-order valence-corrected chi connectivity index (χ1v) is 8.06. The zero-order valence-electron chi connectivity index (χ0n) is 14.2. The fourth-order valence-corrected chi connectivity index (χ4v) is 3.51. The number of ether oxygens (including phenoxy) is 1. The summed E-state index contributed by atoms with van der Waals surface area (Å²) in [4.78, 5) is 27.0. The molecule has 4 nitrogen and oxygen atoms in total. The summed E-state index contributed by atoms with van der Waals surface area (Å²) < 4.78 is 5.81. The molecule has 6 heteroatoms. The first-order chi connectivity index (χ1) is 11.1. The molecule has 25 heavy (non-hydrogen) atoms. The summed E-state index contributed by atoms with van der Waals surface area (Å²) in [5, 5.41) is 1.57. The number of benzene rings is 2. The molecule has 126 valence electrons. The van der Waals surface area contributed by atoms with Crippen LogP contribution >= 0.6 is 0 Å². The van der Waals surface area contributed by atoms with Crippen LogP contribution in [0.1, 0.15) is 46.0 Å². The van der Waals surface area contributed by atoms with Crippen molar-refractivity contribution >= 4 is 22.6 Å². The van der Waals surface area contributed by atoms with Crippen LogP contribution in [0.25, 0.3) is 10.8 Å². The van der Waals surface area contributed by atoms with Crippen LogP contribution < -0.4 is 17.1 Å². The second kappa shape index (κ2) is 7.62. The molecule has 0 saturated carbocycles. The molecular formula is C19H18ClHgNO3. The summed E-state index contributed by atoms with van der Waals surface area (Å²) in [6, 6.07) is 7.46. The second-order valence-corrected chi connectivity index (χ2v) is 6.20. The number of rotatable bonds is 3. The summed E-state index contributed by atoms with van der Waals surface area (Å²) in [7, 11) is 0. The number of imide groups is 1. The summed E-state index contributed by atoms with van der Waals surface area (Å²) >= 11 is 0. The van der Waals surface area contributed by atoms with Gasteiger partial charge in [0.1, 0.15) is 11.9 Å². The molecule has 1 atom stereocenters. The van der Waals surface area contributed by atoms with Crippen LogP contribution in [0.3, 0.4) is 0 Å². The van der Waals surface area contributed by atoms with E-state index in [4.69, 9.17) is 4.74 Å². The Kier molecular flexibility index (Phi) is 6.15. The maximum absolute atomic E-state index is 12.8. The summed E-state index contributed by atoms with van der Waals surface area (Å²) in [6.45, 7) is 6.47. The van der Waals surface area contributed by atoms with Crippen LogP contribution in [-0.2, 0) is 34.1 Å². The molecule has 0 aromatic heterocycles. The van der Waals surface area contributed by atoms with Gasteiger partial charge in [0.05, 0.1) is 0 Å². The molecule has 0 N–H and O–H groups in total. The van der Waals surface area contributed by atoms with Crippen molar-refractivity contribution in [3.63, 3.8) is 0 Å². The average molecular weight is 544 g/mol. The van der Waals surface area contributed by atoms with Crippen molar-refractivity contribution in [1.82, 2.24) is 4.90 Å². The number of hydrogen-bond acceptors (Lipinski definition) is 3. The van der Waals surface area contributed by atoms with Crippen molar-refractivity contribution in [1.29, 1.82) is 0 Å². The van der Waals surface area contributed by atoms with Gasteiger partial charge in [-0.1, -0.05) is 25.5 Å². The Bertz CT molecular complexity index is 852. The van der Waals surface area contributed by atoms with Crippen LogP contribution in [-0.4, -0.2) is 29.4 Å². The Balaban J connectivity index is 0.00000113. The third-order valence-corrected chi connectivity index (χ3v) is 4.61. The van der Waals surface area contributed by atoms with E-state index >= 15 is 0 Å². The number of amides is 2. The average Bonchev–Trinajstić information content (AvgIpc) is 2.92. The van der Waals surface area contributed by atoms with Crippen LogP contribution in [0.4, 0.5) is 0 Å². The maximum Gasteiger partial charge on any atom is 1.00 e. The van der Waals surface area contributed by atoms with Crippen LogP contribution in [0, 0.1) is 6.92 Å². The number of halogens is 1. The first kappa shape index (κ1) is 20.2. The minimum absolute atomic E-state index is 0. The van der Waals surface area contributed by atoms with E-state index in [2.05, 4.69) is 6.92 Å². The molecule has 0 aliphatic carbocycles. The zero-order valence-corrected chi connectivity index (χ0v) is 20.4.